The fourth-order valence-corrected chi connectivity index (χ4v) is 5.59. The van der Waals surface area contributed by atoms with Gasteiger partial charge in [0.05, 0.1) is 25.1 Å². The number of morpholine rings is 1. The molecule has 1 unspecified atom stereocenters. The summed E-state index contributed by atoms with van der Waals surface area (Å²) >= 11 is 3.46. The minimum absolute atomic E-state index is 0.0832. The molecule has 0 amide bonds. The van der Waals surface area contributed by atoms with Crippen molar-refractivity contribution < 1.29 is 4.74 Å². The lowest BCUT2D eigenvalue weighted by Gasteiger charge is -2.34. The van der Waals surface area contributed by atoms with E-state index in [9.17, 15) is 0 Å². The van der Waals surface area contributed by atoms with Crippen LogP contribution < -0.4 is 4.90 Å². The van der Waals surface area contributed by atoms with Crippen molar-refractivity contribution in [3.63, 3.8) is 0 Å². The maximum Gasteiger partial charge on any atom is 0.146 e. The van der Waals surface area contributed by atoms with E-state index < -0.39 is 0 Å². The Balaban J connectivity index is 1.61. The van der Waals surface area contributed by atoms with E-state index in [1.807, 2.05) is 0 Å². The van der Waals surface area contributed by atoms with Crippen LogP contribution in [0, 0.1) is 0 Å². The van der Waals surface area contributed by atoms with Crippen LogP contribution in [0.5, 0.6) is 0 Å². The first-order chi connectivity index (χ1) is 14.7. The Hall–Kier alpha value is -2.32. The second-order valence-corrected chi connectivity index (χ2v) is 9.56. The Labute approximate surface area is 184 Å². The van der Waals surface area contributed by atoms with Crippen molar-refractivity contribution in [2.45, 2.75) is 12.6 Å². The summed E-state index contributed by atoms with van der Waals surface area (Å²) in [4.78, 5) is 16.8. The average molecular weight is 437 g/mol. The van der Waals surface area contributed by atoms with Gasteiger partial charge in [-0.2, -0.15) is 0 Å². The number of anilines is 1. The van der Waals surface area contributed by atoms with Crippen molar-refractivity contribution in [3.05, 3.63) is 63.9 Å². The molecule has 4 aromatic rings. The van der Waals surface area contributed by atoms with Crippen LogP contribution in [0.3, 0.4) is 0 Å². The maximum absolute atomic E-state index is 6.10. The maximum atomic E-state index is 6.10. The zero-order valence-electron chi connectivity index (χ0n) is 17.1. The second-order valence-electron chi connectivity index (χ2n) is 7.72. The van der Waals surface area contributed by atoms with E-state index in [1.165, 1.54) is 16.0 Å². The van der Waals surface area contributed by atoms with Gasteiger partial charge in [-0.1, -0.05) is 36.4 Å². The van der Waals surface area contributed by atoms with Gasteiger partial charge in [-0.25, -0.2) is 9.97 Å². The molecule has 0 N–H and O–H groups in total. The summed E-state index contributed by atoms with van der Waals surface area (Å²) in [6.45, 7) is 3.06. The first kappa shape index (κ1) is 19.6. The van der Waals surface area contributed by atoms with Crippen LogP contribution in [0.25, 0.3) is 21.3 Å². The van der Waals surface area contributed by atoms with Gasteiger partial charge in [0, 0.05) is 22.4 Å². The van der Waals surface area contributed by atoms with Crippen molar-refractivity contribution >= 4 is 38.7 Å². The third kappa shape index (κ3) is 3.86. The number of benzene rings is 1. The molecule has 3 aromatic heterocycles. The quantitative estimate of drug-likeness (QED) is 0.437. The standard InChI is InChI=1S/C23H24N4OS2/c1-26(2)14-20-24-22(27-10-11-28-18(13-27)19-9-6-12-29-19)21-17(15-30-23(21)25-20)16-7-4-3-5-8-16/h3-9,12,15,18H,10-11,13-14H2,1-2H3. The van der Waals surface area contributed by atoms with Gasteiger partial charge in [-0.15, -0.1) is 22.7 Å². The van der Waals surface area contributed by atoms with Crippen LogP contribution in [0.15, 0.2) is 53.2 Å². The van der Waals surface area contributed by atoms with E-state index in [1.54, 1.807) is 22.7 Å². The molecule has 1 aliphatic rings. The number of hydrogen-bond acceptors (Lipinski definition) is 7. The van der Waals surface area contributed by atoms with Crippen LogP contribution in [-0.2, 0) is 11.3 Å². The van der Waals surface area contributed by atoms with Gasteiger partial charge >= 0.3 is 0 Å². The molecule has 154 valence electrons. The van der Waals surface area contributed by atoms with E-state index >= 15 is 0 Å². The number of rotatable bonds is 5. The zero-order valence-corrected chi connectivity index (χ0v) is 18.7. The topological polar surface area (TPSA) is 41.5 Å². The normalized spacial score (nSPS) is 17.2. The lowest BCUT2D eigenvalue weighted by molar-refractivity contribution is 0.0419. The Bertz CT molecular complexity index is 1130. The Morgan fingerprint density at radius 2 is 1.97 bits per heavy atom. The van der Waals surface area contributed by atoms with Gasteiger partial charge in [0.15, 0.2) is 0 Å². The molecule has 1 atom stereocenters. The summed E-state index contributed by atoms with van der Waals surface area (Å²) in [5, 5.41) is 5.48. The van der Waals surface area contributed by atoms with E-state index in [0.717, 1.165) is 41.5 Å². The minimum Gasteiger partial charge on any atom is -0.369 e. The summed E-state index contributed by atoms with van der Waals surface area (Å²) < 4.78 is 6.10. The summed E-state index contributed by atoms with van der Waals surface area (Å²) in [5.74, 6) is 1.89. The second kappa shape index (κ2) is 8.43. The third-order valence-corrected chi connectivity index (χ3v) is 7.07. The van der Waals surface area contributed by atoms with E-state index in [2.05, 4.69) is 77.1 Å². The zero-order chi connectivity index (χ0) is 20.5. The van der Waals surface area contributed by atoms with Gasteiger partial charge in [0.2, 0.25) is 0 Å². The molecule has 4 heterocycles. The van der Waals surface area contributed by atoms with Crippen molar-refractivity contribution in [2.24, 2.45) is 0 Å². The molecule has 0 saturated carbocycles. The Kier molecular flexibility index (Phi) is 5.52. The molecule has 30 heavy (non-hydrogen) atoms. The van der Waals surface area contributed by atoms with Crippen LogP contribution in [0.4, 0.5) is 5.82 Å². The van der Waals surface area contributed by atoms with Gasteiger partial charge in [0.1, 0.15) is 22.6 Å². The summed E-state index contributed by atoms with van der Waals surface area (Å²) in [5.41, 5.74) is 2.41. The number of nitrogens with zero attached hydrogens (tertiary/aromatic N) is 4. The smallest absolute Gasteiger partial charge is 0.146 e. The van der Waals surface area contributed by atoms with Gasteiger partial charge in [0.25, 0.3) is 0 Å². The molecule has 5 rings (SSSR count). The number of fused-ring (bicyclic) bond motifs is 1. The highest BCUT2D eigenvalue weighted by Crippen LogP contribution is 2.40. The number of ether oxygens (including phenoxy) is 1. The SMILES string of the molecule is CN(C)Cc1nc(N2CCOC(c3cccs3)C2)c2c(-c3ccccc3)csc2n1. The predicted octanol–water partition coefficient (Wildman–Crippen LogP) is 5.06. The molecule has 0 radical (unpaired) electrons. The first-order valence-corrected chi connectivity index (χ1v) is 11.8. The predicted molar refractivity (Wildman–Crippen MR) is 125 cm³/mol. The minimum atomic E-state index is 0.0832. The average Bonchev–Trinajstić information content (AvgIpc) is 3.44. The van der Waals surface area contributed by atoms with E-state index in [-0.39, 0.29) is 6.10 Å². The summed E-state index contributed by atoms with van der Waals surface area (Å²) in [6.07, 6.45) is 0.0832. The van der Waals surface area contributed by atoms with Crippen LogP contribution >= 0.6 is 22.7 Å². The molecule has 1 aromatic carbocycles. The van der Waals surface area contributed by atoms with E-state index in [4.69, 9.17) is 14.7 Å². The van der Waals surface area contributed by atoms with Crippen molar-refractivity contribution in [3.8, 4) is 11.1 Å². The van der Waals surface area contributed by atoms with Crippen molar-refractivity contribution in [1.82, 2.24) is 14.9 Å². The molecule has 0 aliphatic carbocycles. The summed E-state index contributed by atoms with van der Waals surface area (Å²) in [7, 11) is 4.11. The van der Waals surface area contributed by atoms with Gasteiger partial charge in [-0.05, 0) is 31.1 Å². The number of aromatic nitrogens is 2. The van der Waals surface area contributed by atoms with Crippen LogP contribution in [0.2, 0.25) is 0 Å². The first-order valence-electron chi connectivity index (χ1n) is 10.1. The molecule has 1 aliphatic heterocycles. The fraction of sp³-hybridized carbons (Fsp3) is 0.304. The molecular formula is C23H24N4OS2. The molecule has 7 heteroatoms. The molecule has 5 nitrogen and oxygen atoms in total. The molecule has 0 spiro atoms. The molecular weight excluding hydrogens is 412 g/mol. The van der Waals surface area contributed by atoms with Crippen molar-refractivity contribution in [2.75, 3.05) is 38.7 Å². The van der Waals surface area contributed by atoms with Crippen LogP contribution in [0.1, 0.15) is 16.8 Å². The number of thiophene rings is 2. The van der Waals surface area contributed by atoms with Crippen molar-refractivity contribution in [1.29, 1.82) is 0 Å². The Morgan fingerprint density at radius 1 is 1.10 bits per heavy atom. The molecule has 0 bridgehead atoms. The highest BCUT2D eigenvalue weighted by Gasteiger charge is 2.27. The van der Waals surface area contributed by atoms with Crippen LogP contribution in [-0.4, -0.2) is 48.7 Å². The Morgan fingerprint density at radius 3 is 2.73 bits per heavy atom. The highest BCUT2D eigenvalue weighted by atomic mass is 32.1. The summed E-state index contributed by atoms with van der Waals surface area (Å²) in [6, 6.07) is 14.8. The lowest BCUT2D eigenvalue weighted by Crippen LogP contribution is -2.39. The monoisotopic (exact) mass is 436 g/mol. The van der Waals surface area contributed by atoms with Gasteiger partial charge < -0.3 is 14.5 Å². The highest BCUT2D eigenvalue weighted by molar-refractivity contribution is 7.17. The third-order valence-electron chi connectivity index (χ3n) is 5.23. The number of hydrogen-bond donors (Lipinski definition) is 0. The van der Waals surface area contributed by atoms with Gasteiger partial charge in [-0.3, -0.25) is 0 Å². The molecule has 1 saturated heterocycles. The molecule has 1 fully saturated rings. The fourth-order valence-electron chi connectivity index (χ4n) is 3.87. The van der Waals surface area contributed by atoms with E-state index in [0.29, 0.717) is 6.61 Å². The largest absolute Gasteiger partial charge is 0.369 e. The lowest BCUT2D eigenvalue weighted by atomic mass is 10.1.